The van der Waals surface area contributed by atoms with Crippen molar-refractivity contribution >= 4 is 41.3 Å². The van der Waals surface area contributed by atoms with Crippen LogP contribution in [0, 0.1) is 0 Å². The van der Waals surface area contributed by atoms with Crippen LogP contribution in [-0.2, 0) is 6.42 Å². The van der Waals surface area contributed by atoms with E-state index >= 15 is 0 Å². The molecule has 0 unspecified atom stereocenters. The van der Waals surface area contributed by atoms with Gasteiger partial charge in [-0.1, -0.05) is 6.07 Å². The lowest BCUT2D eigenvalue weighted by atomic mass is 10.3. The van der Waals surface area contributed by atoms with Crippen LogP contribution in [0.3, 0.4) is 0 Å². The summed E-state index contributed by atoms with van der Waals surface area (Å²) in [6.45, 7) is 0.552. The number of pyridine rings is 1. The molecule has 0 atom stereocenters. The fourth-order valence-electron chi connectivity index (χ4n) is 2.50. The summed E-state index contributed by atoms with van der Waals surface area (Å²) in [5.74, 6) is 1.64. The highest BCUT2D eigenvalue weighted by molar-refractivity contribution is 14.0. The molecule has 1 aromatic carbocycles. The molecule has 0 bridgehead atoms. The second-order valence-electron chi connectivity index (χ2n) is 5.41. The third kappa shape index (κ3) is 4.78. The Kier molecular flexibility index (Phi) is 7.07. The summed E-state index contributed by atoms with van der Waals surface area (Å²) in [5, 5.41) is 3.05. The number of hydrogen-bond donors (Lipinski definition) is 2. The highest BCUT2D eigenvalue weighted by Gasteiger charge is 2.05. The number of methoxy groups -OCH3 is 2. The number of aliphatic imine (C=N–C) groups is 1. The molecule has 0 radical (unpaired) electrons. The lowest BCUT2D eigenvalue weighted by Crippen LogP contribution is -2.23. The molecular weight excluding hydrogens is 445 g/mol. The van der Waals surface area contributed by atoms with E-state index in [1.54, 1.807) is 14.2 Å². The Bertz CT molecular complexity index is 861. The number of imidazole rings is 1. The minimum atomic E-state index is 0. The zero-order chi connectivity index (χ0) is 17.6. The van der Waals surface area contributed by atoms with Gasteiger partial charge in [0.15, 0.2) is 17.5 Å². The number of ether oxygens (including phenoxy) is 2. The molecular formula is C18H22IN5O2. The van der Waals surface area contributed by atoms with E-state index < -0.39 is 0 Å². The van der Waals surface area contributed by atoms with Crippen LogP contribution in [0.25, 0.3) is 5.65 Å². The molecule has 3 N–H and O–H groups in total. The van der Waals surface area contributed by atoms with Crippen molar-refractivity contribution in [2.45, 2.75) is 6.42 Å². The number of benzene rings is 1. The standard InChI is InChI=1S/C18H21N5O2.HI/c1-24-15-7-6-13(11-16(15)25-2)22-18(19)20-9-8-14-12-23-10-4-3-5-17(23)21-14;/h3-7,10-12H,8-9H2,1-2H3,(H3,19,20,22);1H. The van der Waals surface area contributed by atoms with Crippen molar-refractivity contribution in [3.05, 3.63) is 54.5 Å². The number of nitrogens with two attached hydrogens (primary N) is 1. The van der Waals surface area contributed by atoms with Gasteiger partial charge in [0.1, 0.15) is 5.65 Å². The molecule has 2 heterocycles. The molecule has 138 valence electrons. The predicted octanol–water partition coefficient (Wildman–Crippen LogP) is 2.94. The van der Waals surface area contributed by atoms with Gasteiger partial charge in [0.25, 0.3) is 0 Å². The number of fused-ring (bicyclic) bond motifs is 1. The monoisotopic (exact) mass is 467 g/mol. The van der Waals surface area contributed by atoms with Gasteiger partial charge < -0.3 is 24.9 Å². The molecule has 0 aliphatic heterocycles. The van der Waals surface area contributed by atoms with Crippen molar-refractivity contribution in [3.63, 3.8) is 0 Å². The SMILES string of the molecule is COc1ccc(NC(N)=NCCc2cn3ccccc3n2)cc1OC.I. The van der Waals surface area contributed by atoms with Gasteiger partial charge in [0.05, 0.1) is 19.9 Å². The lowest BCUT2D eigenvalue weighted by Gasteiger charge is -2.10. The largest absolute Gasteiger partial charge is 0.493 e. The first kappa shape index (κ1) is 19.8. The highest BCUT2D eigenvalue weighted by Crippen LogP contribution is 2.29. The van der Waals surface area contributed by atoms with Gasteiger partial charge in [-0.3, -0.25) is 4.99 Å². The summed E-state index contributed by atoms with van der Waals surface area (Å²) < 4.78 is 12.5. The van der Waals surface area contributed by atoms with Crippen molar-refractivity contribution in [3.8, 4) is 11.5 Å². The van der Waals surface area contributed by atoms with E-state index in [0.29, 0.717) is 24.0 Å². The molecule has 0 saturated heterocycles. The van der Waals surface area contributed by atoms with Crippen LogP contribution < -0.4 is 20.5 Å². The summed E-state index contributed by atoms with van der Waals surface area (Å²) >= 11 is 0. The minimum Gasteiger partial charge on any atom is -0.493 e. The molecule has 0 fully saturated rings. The van der Waals surface area contributed by atoms with Gasteiger partial charge in [-0.15, -0.1) is 24.0 Å². The Morgan fingerprint density at radius 3 is 2.73 bits per heavy atom. The van der Waals surface area contributed by atoms with E-state index in [1.165, 1.54) is 0 Å². The maximum Gasteiger partial charge on any atom is 0.193 e. The Morgan fingerprint density at radius 2 is 2.00 bits per heavy atom. The Hall–Kier alpha value is -2.49. The highest BCUT2D eigenvalue weighted by atomic mass is 127. The van der Waals surface area contributed by atoms with Crippen LogP contribution in [0.4, 0.5) is 5.69 Å². The molecule has 2 aromatic heterocycles. The maximum atomic E-state index is 5.95. The molecule has 3 aromatic rings. The van der Waals surface area contributed by atoms with Gasteiger partial charge in [0, 0.05) is 37.1 Å². The van der Waals surface area contributed by atoms with E-state index in [9.17, 15) is 0 Å². The van der Waals surface area contributed by atoms with Crippen molar-refractivity contribution in [2.24, 2.45) is 10.7 Å². The molecule has 0 amide bonds. The number of rotatable bonds is 6. The smallest absolute Gasteiger partial charge is 0.193 e. The van der Waals surface area contributed by atoms with Gasteiger partial charge in [-0.25, -0.2) is 4.98 Å². The third-order valence-electron chi connectivity index (χ3n) is 3.72. The van der Waals surface area contributed by atoms with Gasteiger partial charge >= 0.3 is 0 Å². The van der Waals surface area contributed by atoms with Crippen molar-refractivity contribution < 1.29 is 9.47 Å². The Balaban J connectivity index is 0.00000243. The van der Waals surface area contributed by atoms with Crippen LogP contribution in [-0.4, -0.2) is 36.1 Å². The van der Waals surface area contributed by atoms with Crippen LogP contribution in [0.2, 0.25) is 0 Å². The first-order valence-electron chi connectivity index (χ1n) is 7.91. The molecule has 0 aliphatic carbocycles. The number of nitrogens with zero attached hydrogens (tertiary/aromatic N) is 3. The molecule has 0 spiro atoms. The maximum absolute atomic E-state index is 5.95. The van der Waals surface area contributed by atoms with Crippen molar-refractivity contribution in [1.82, 2.24) is 9.38 Å². The zero-order valence-electron chi connectivity index (χ0n) is 14.7. The molecule has 0 aliphatic rings. The average molecular weight is 467 g/mol. The number of nitrogens with one attached hydrogen (secondary N) is 1. The van der Waals surface area contributed by atoms with Crippen LogP contribution >= 0.6 is 24.0 Å². The molecule has 26 heavy (non-hydrogen) atoms. The summed E-state index contributed by atoms with van der Waals surface area (Å²) in [7, 11) is 3.19. The number of hydrogen-bond acceptors (Lipinski definition) is 4. The zero-order valence-corrected chi connectivity index (χ0v) is 17.0. The van der Waals surface area contributed by atoms with E-state index in [2.05, 4.69) is 15.3 Å². The van der Waals surface area contributed by atoms with E-state index in [0.717, 1.165) is 23.4 Å². The second-order valence-corrected chi connectivity index (χ2v) is 5.41. The number of anilines is 1. The number of aromatic nitrogens is 2. The van der Waals surface area contributed by atoms with Gasteiger partial charge in [0.2, 0.25) is 0 Å². The van der Waals surface area contributed by atoms with E-state index in [1.807, 2.05) is 53.2 Å². The fourth-order valence-corrected chi connectivity index (χ4v) is 2.50. The summed E-state index contributed by atoms with van der Waals surface area (Å²) in [6.07, 6.45) is 4.70. The number of halogens is 1. The average Bonchev–Trinajstić information content (AvgIpc) is 3.04. The van der Waals surface area contributed by atoms with Gasteiger partial charge in [-0.2, -0.15) is 0 Å². The van der Waals surface area contributed by atoms with Crippen LogP contribution in [0.15, 0.2) is 53.8 Å². The quantitative estimate of drug-likeness (QED) is 0.331. The molecule has 8 heteroatoms. The van der Waals surface area contributed by atoms with E-state index in [4.69, 9.17) is 15.2 Å². The first-order chi connectivity index (χ1) is 12.2. The van der Waals surface area contributed by atoms with E-state index in [-0.39, 0.29) is 24.0 Å². The van der Waals surface area contributed by atoms with Gasteiger partial charge in [-0.05, 0) is 24.3 Å². The minimum absolute atomic E-state index is 0. The normalized spacial score (nSPS) is 11.1. The summed E-state index contributed by atoms with van der Waals surface area (Å²) in [4.78, 5) is 8.88. The number of guanidine groups is 1. The predicted molar refractivity (Wildman–Crippen MR) is 114 cm³/mol. The van der Waals surface area contributed by atoms with Crippen molar-refractivity contribution in [2.75, 3.05) is 26.1 Å². The lowest BCUT2D eigenvalue weighted by molar-refractivity contribution is 0.355. The molecule has 3 rings (SSSR count). The van der Waals surface area contributed by atoms with Crippen LogP contribution in [0.1, 0.15) is 5.69 Å². The Labute approximate surface area is 169 Å². The fraction of sp³-hybridized carbons (Fsp3) is 0.222. The molecule has 0 saturated carbocycles. The van der Waals surface area contributed by atoms with Crippen molar-refractivity contribution in [1.29, 1.82) is 0 Å². The summed E-state index contributed by atoms with van der Waals surface area (Å²) in [6, 6.07) is 11.4. The second kappa shape index (κ2) is 9.27. The third-order valence-corrected chi connectivity index (χ3v) is 3.72. The topological polar surface area (TPSA) is 86.2 Å². The molecule has 7 nitrogen and oxygen atoms in total. The first-order valence-corrected chi connectivity index (χ1v) is 7.91. The summed E-state index contributed by atoms with van der Waals surface area (Å²) in [5.41, 5.74) is 8.64. The van der Waals surface area contributed by atoms with Crippen LogP contribution in [0.5, 0.6) is 11.5 Å². The Morgan fingerprint density at radius 1 is 1.19 bits per heavy atom.